The van der Waals surface area contributed by atoms with Crippen molar-refractivity contribution in [3.05, 3.63) is 47.9 Å². The molecule has 4 aromatic rings. The van der Waals surface area contributed by atoms with Gasteiger partial charge in [-0.1, -0.05) is 30.2 Å². The first kappa shape index (κ1) is 19.1. The van der Waals surface area contributed by atoms with Crippen molar-refractivity contribution >= 4 is 43.6 Å². The van der Waals surface area contributed by atoms with Crippen LogP contribution in [0.3, 0.4) is 0 Å². The third kappa shape index (κ3) is 3.68. The number of aromatic nitrogens is 4. The molecule has 2 atom stereocenters. The number of pyridine rings is 1. The fourth-order valence-electron chi connectivity index (χ4n) is 4.02. The van der Waals surface area contributed by atoms with E-state index in [4.69, 9.17) is 0 Å². The first-order chi connectivity index (χ1) is 14.6. The van der Waals surface area contributed by atoms with Gasteiger partial charge in [0, 0.05) is 6.92 Å². The summed E-state index contributed by atoms with van der Waals surface area (Å²) in [5, 5.41) is 14.5. The van der Waals surface area contributed by atoms with Crippen LogP contribution >= 0.6 is 11.3 Å². The van der Waals surface area contributed by atoms with Crippen LogP contribution in [0.25, 0.3) is 21.4 Å². The number of aliphatic hydroxyl groups is 1. The van der Waals surface area contributed by atoms with Gasteiger partial charge in [0.05, 0.1) is 35.2 Å². The number of hydrogen-bond donors (Lipinski definition) is 2. The average molecular weight is 422 g/mol. The van der Waals surface area contributed by atoms with Crippen LogP contribution in [0.4, 0.5) is 5.13 Å². The molecule has 0 bridgehead atoms. The average Bonchev–Trinajstić information content (AvgIpc) is 3.32. The number of hydrogen-bond acceptors (Lipinski definition) is 7. The van der Waals surface area contributed by atoms with E-state index in [1.165, 1.54) is 6.92 Å². The summed E-state index contributed by atoms with van der Waals surface area (Å²) in [5.41, 5.74) is 3.99. The summed E-state index contributed by atoms with van der Waals surface area (Å²) >= 11 is 1.61. The summed E-state index contributed by atoms with van der Waals surface area (Å²) in [5.74, 6) is -0.0566. The molecule has 1 aliphatic rings. The third-order valence-electron chi connectivity index (χ3n) is 5.67. The predicted molar refractivity (Wildman–Crippen MR) is 118 cm³/mol. The number of anilines is 1. The predicted octanol–water partition coefficient (Wildman–Crippen LogP) is 4.01. The normalized spacial score (nSPS) is 19.4. The van der Waals surface area contributed by atoms with E-state index in [1.54, 1.807) is 23.7 Å². The van der Waals surface area contributed by atoms with Crippen molar-refractivity contribution in [1.82, 2.24) is 19.5 Å². The second-order valence-corrected chi connectivity index (χ2v) is 8.92. The van der Waals surface area contributed by atoms with Gasteiger partial charge < -0.3 is 15.0 Å². The van der Waals surface area contributed by atoms with Gasteiger partial charge >= 0.3 is 0 Å². The highest BCUT2D eigenvalue weighted by Gasteiger charge is 2.23. The molecule has 2 N–H and O–H groups in total. The molecule has 2 unspecified atom stereocenters. The molecule has 0 radical (unpaired) electrons. The number of carbonyl (C=O) groups is 1. The molecule has 3 heterocycles. The number of Topliss-reactive ketones (excluding diaryl/α,β-unsaturated/α-hetero) is 1. The topological polar surface area (TPSA) is 92.9 Å². The van der Waals surface area contributed by atoms with Gasteiger partial charge in [0.1, 0.15) is 11.2 Å². The lowest BCUT2D eigenvalue weighted by atomic mass is 9.93. The van der Waals surface area contributed by atoms with Gasteiger partial charge in [-0.25, -0.2) is 15.0 Å². The maximum Gasteiger partial charge on any atom is 0.184 e. The van der Waals surface area contributed by atoms with E-state index >= 15 is 0 Å². The number of benzene rings is 1. The van der Waals surface area contributed by atoms with Gasteiger partial charge in [0.15, 0.2) is 16.6 Å². The fraction of sp³-hybridized carbons (Fsp3) is 0.364. The molecule has 154 valence electrons. The molecule has 5 rings (SSSR count). The van der Waals surface area contributed by atoms with Gasteiger partial charge in [-0.15, -0.1) is 0 Å². The van der Waals surface area contributed by atoms with E-state index in [-0.39, 0.29) is 17.9 Å². The molecule has 3 aromatic heterocycles. The maximum absolute atomic E-state index is 11.7. The van der Waals surface area contributed by atoms with E-state index < -0.39 is 0 Å². The van der Waals surface area contributed by atoms with Crippen LogP contribution in [0, 0.1) is 0 Å². The minimum Gasteiger partial charge on any atom is -0.391 e. The molecule has 0 amide bonds. The van der Waals surface area contributed by atoms with Crippen LogP contribution in [0.2, 0.25) is 0 Å². The molecule has 0 spiro atoms. The van der Waals surface area contributed by atoms with Crippen LogP contribution < -0.4 is 5.32 Å². The van der Waals surface area contributed by atoms with Gasteiger partial charge in [0.2, 0.25) is 0 Å². The Bertz CT molecular complexity index is 1230. The van der Waals surface area contributed by atoms with Crippen molar-refractivity contribution in [2.24, 2.45) is 0 Å². The van der Waals surface area contributed by atoms with Crippen LogP contribution in [0.15, 0.2) is 36.7 Å². The van der Waals surface area contributed by atoms with Crippen LogP contribution in [0.1, 0.15) is 48.7 Å². The second-order valence-electron chi connectivity index (χ2n) is 7.89. The molecule has 1 aliphatic carbocycles. The first-order valence-electron chi connectivity index (χ1n) is 10.2. The zero-order valence-corrected chi connectivity index (χ0v) is 17.5. The van der Waals surface area contributed by atoms with E-state index in [0.717, 1.165) is 52.1 Å². The Balaban J connectivity index is 1.39. The van der Waals surface area contributed by atoms with Gasteiger partial charge in [-0.05, 0) is 42.7 Å². The Morgan fingerprint density at radius 1 is 1.20 bits per heavy atom. The van der Waals surface area contributed by atoms with Crippen molar-refractivity contribution in [2.45, 2.75) is 51.3 Å². The van der Waals surface area contributed by atoms with E-state index in [2.05, 4.69) is 32.4 Å². The number of imidazole rings is 1. The third-order valence-corrected chi connectivity index (χ3v) is 6.62. The van der Waals surface area contributed by atoms with E-state index in [1.807, 2.05) is 16.7 Å². The lowest BCUT2D eigenvalue weighted by molar-refractivity contribution is 0.101. The van der Waals surface area contributed by atoms with Crippen LogP contribution in [0.5, 0.6) is 0 Å². The molecular weight excluding hydrogens is 398 g/mol. The second kappa shape index (κ2) is 7.77. The summed E-state index contributed by atoms with van der Waals surface area (Å²) in [6.07, 6.45) is 5.52. The van der Waals surface area contributed by atoms with Crippen molar-refractivity contribution in [2.75, 3.05) is 5.32 Å². The zero-order valence-electron chi connectivity index (χ0n) is 16.7. The summed E-state index contributed by atoms with van der Waals surface area (Å²) in [6, 6.07) is 9.84. The van der Waals surface area contributed by atoms with Gasteiger partial charge in [-0.3, -0.25) is 4.79 Å². The smallest absolute Gasteiger partial charge is 0.184 e. The Hall–Kier alpha value is -2.84. The minimum atomic E-state index is -0.303. The van der Waals surface area contributed by atoms with E-state index in [0.29, 0.717) is 17.9 Å². The Kier molecular flexibility index (Phi) is 4.96. The fourth-order valence-corrected chi connectivity index (χ4v) is 5.01. The summed E-state index contributed by atoms with van der Waals surface area (Å²) in [7, 11) is 0. The lowest BCUT2D eigenvalue weighted by Gasteiger charge is -2.27. The molecule has 0 aliphatic heterocycles. The lowest BCUT2D eigenvalue weighted by Crippen LogP contribution is -2.36. The minimum absolute atomic E-state index is 0.0566. The number of fused-ring (bicyclic) bond motifs is 2. The molecule has 1 saturated carbocycles. The van der Waals surface area contributed by atoms with E-state index in [9.17, 15) is 9.90 Å². The molecule has 0 saturated heterocycles. The molecule has 8 heteroatoms. The van der Waals surface area contributed by atoms with Crippen molar-refractivity contribution in [3.63, 3.8) is 0 Å². The van der Waals surface area contributed by atoms with Crippen LogP contribution in [-0.2, 0) is 6.54 Å². The maximum atomic E-state index is 11.7. The first-order valence-corrected chi connectivity index (χ1v) is 11.1. The van der Waals surface area contributed by atoms with Crippen LogP contribution in [-0.4, -0.2) is 42.6 Å². The summed E-state index contributed by atoms with van der Waals surface area (Å²) < 4.78 is 3.06. The molecule has 1 fully saturated rings. The highest BCUT2D eigenvalue weighted by Crippen LogP contribution is 2.30. The van der Waals surface area contributed by atoms with Crippen molar-refractivity contribution < 1.29 is 9.90 Å². The largest absolute Gasteiger partial charge is 0.391 e. The highest BCUT2D eigenvalue weighted by atomic mass is 32.1. The standard InChI is InChI=1S/C22H23N5O2S/c1-13(28)15-8-9-18-21(24-15)27(12-23-18)11-14-6-7-17-20(10-14)30-22(26-17)25-16-4-2-3-5-19(16)29/h6-10,12,16,19,29H,2-5,11H2,1H3,(H,25,26). The molecule has 1 aromatic carbocycles. The van der Waals surface area contributed by atoms with Gasteiger partial charge in [0.25, 0.3) is 0 Å². The number of thiazole rings is 1. The SMILES string of the molecule is CC(=O)c1ccc2ncn(Cc3ccc4nc(NC5CCCCC5O)sc4c3)c2n1. The number of ketones is 1. The molecule has 30 heavy (non-hydrogen) atoms. The van der Waals surface area contributed by atoms with Crippen molar-refractivity contribution in [1.29, 1.82) is 0 Å². The van der Waals surface area contributed by atoms with Crippen molar-refractivity contribution in [3.8, 4) is 0 Å². The Labute approximate surface area is 177 Å². The van der Waals surface area contributed by atoms with Gasteiger partial charge in [-0.2, -0.15) is 0 Å². The number of carbonyl (C=O) groups excluding carboxylic acids is 1. The number of aliphatic hydroxyl groups excluding tert-OH is 1. The summed E-state index contributed by atoms with van der Waals surface area (Å²) in [6.45, 7) is 2.13. The molecular formula is C22H23N5O2S. The molecule has 7 nitrogen and oxygen atoms in total. The Morgan fingerprint density at radius 2 is 2.03 bits per heavy atom. The highest BCUT2D eigenvalue weighted by molar-refractivity contribution is 7.22. The quantitative estimate of drug-likeness (QED) is 0.473. The number of nitrogens with one attached hydrogen (secondary N) is 1. The number of nitrogens with zero attached hydrogens (tertiary/aromatic N) is 4. The zero-order chi connectivity index (χ0) is 20.7. The summed E-state index contributed by atoms with van der Waals surface area (Å²) in [4.78, 5) is 25.2. The monoisotopic (exact) mass is 421 g/mol. The number of rotatable bonds is 5. The Morgan fingerprint density at radius 3 is 2.87 bits per heavy atom.